The Morgan fingerprint density at radius 3 is 2.19 bits per heavy atom. The summed E-state index contributed by atoms with van der Waals surface area (Å²) in [6.45, 7) is -0.111. The van der Waals surface area contributed by atoms with Gasteiger partial charge in [0.1, 0.15) is 6.61 Å². The number of carbonyl (C=O) groups is 1. The molecule has 6 nitrogen and oxygen atoms in total. The second kappa shape index (κ2) is 8.02. The van der Waals surface area contributed by atoms with E-state index in [2.05, 4.69) is 15.9 Å². The lowest BCUT2D eigenvalue weighted by atomic mass is 9.48. The van der Waals surface area contributed by atoms with Gasteiger partial charge in [-0.25, -0.2) is 4.79 Å². The van der Waals surface area contributed by atoms with Gasteiger partial charge >= 0.3 is 22.0 Å². The van der Waals surface area contributed by atoms with Crippen LogP contribution in [0.1, 0.15) is 51.4 Å². The maximum Gasteiger partial charge on any atom is 0.524 e. The van der Waals surface area contributed by atoms with Gasteiger partial charge in [-0.05, 0) is 74.7 Å². The SMILES string of the molecule is C1CCSC1.O=C(OCC12CC3CC(CC(O)(C3)C1)C2)OS(=O)(=O)C(F)F. The molecular weight excluding hydrogens is 402 g/mol. The average molecular weight is 429 g/mol. The van der Waals surface area contributed by atoms with Crippen LogP contribution in [0.5, 0.6) is 0 Å². The quantitative estimate of drug-likeness (QED) is 0.541. The fraction of sp³-hybridized carbons (Fsp3) is 0.941. The van der Waals surface area contributed by atoms with E-state index in [4.69, 9.17) is 4.74 Å². The van der Waals surface area contributed by atoms with Crippen LogP contribution >= 0.6 is 11.8 Å². The van der Waals surface area contributed by atoms with Crippen LogP contribution in [0.25, 0.3) is 0 Å². The van der Waals surface area contributed by atoms with Crippen LogP contribution in [0, 0.1) is 17.3 Å². The van der Waals surface area contributed by atoms with Crippen LogP contribution in [-0.4, -0.2) is 49.2 Å². The number of halogens is 2. The number of rotatable bonds is 4. The number of carbonyl (C=O) groups excluding carboxylic acids is 1. The van der Waals surface area contributed by atoms with Crippen LogP contribution in [-0.2, 0) is 19.0 Å². The molecular formula is C17H26F2O6S2. The summed E-state index contributed by atoms with van der Waals surface area (Å²) in [5.74, 6) is -0.216. The van der Waals surface area contributed by atoms with Gasteiger partial charge in [-0.3, -0.25) is 0 Å². The Balaban J connectivity index is 0.000000364. The normalized spacial score (nSPS) is 37.0. The summed E-state index contributed by atoms with van der Waals surface area (Å²) >= 11 is 2.07. The molecule has 4 bridgehead atoms. The molecule has 0 radical (unpaired) electrons. The van der Waals surface area contributed by atoms with Crippen LogP contribution in [0.15, 0.2) is 0 Å². The first-order valence-corrected chi connectivity index (χ1v) is 11.9. The first kappa shape index (κ1) is 21.1. The molecule has 1 heterocycles. The molecule has 0 amide bonds. The predicted molar refractivity (Wildman–Crippen MR) is 96.0 cm³/mol. The van der Waals surface area contributed by atoms with Crippen molar-refractivity contribution in [2.24, 2.45) is 17.3 Å². The predicted octanol–water partition coefficient (Wildman–Crippen LogP) is 3.54. The van der Waals surface area contributed by atoms with E-state index in [0.717, 1.165) is 32.1 Å². The number of ether oxygens (including phenoxy) is 1. The maximum absolute atomic E-state index is 12.1. The number of thioether (sulfide) groups is 1. The van der Waals surface area contributed by atoms with Crippen molar-refractivity contribution in [3.8, 4) is 0 Å². The van der Waals surface area contributed by atoms with Crippen molar-refractivity contribution >= 4 is 28.0 Å². The Morgan fingerprint density at radius 1 is 1.15 bits per heavy atom. The zero-order valence-electron chi connectivity index (χ0n) is 15.1. The molecule has 156 valence electrons. The van der Waals surface area contributed by atoms with Gasteiger partial charge in [0.05, 0.1) is 5.60 Å². The molecule has 1 aliphatic heterocycles. The Kier molecular flexibility index (Phi) is 6.27. The number of hydrogen-bond donors (Lipinski definition) is 1. The van der Waals surface area contributed by atoms with E-state index in [1.165, 1.54) is 24.3 Å². The van der Waals surface area contributed by atoms with Crippen molar-refractivity contribution < 1.29 is 36.0 Å². The van der Waals surface area contributed by atoms with E-state index in [1.54, 1.807) is 0 Å². The van der Waals surface area contributed by atoms with Crippen molar-refractivity contribution in [1.29, 1.82) is 0 Å². The van der Waals surface area contributed by atoms with Crippen LogP contribution in [0.3, 0.4) is 0 Å². The lowest BCUT2D eigenvalue weighted by molar-refractivity contribution is -0.176. The highest BCUT2D eigenvalue weighted by molar-refractivity contribution is 7.99. The highest BCUT2D eigenvalue weighted by Gasteiger charge is 2.57. The molecule has 0 aromatic carbocycles. The smallest absolute Gasteiger partial charge is 0.433 e. The molecule has 0 spiro atoms. The molecule has 1 saturated heterocycles. The summed E-state index contributed by atoms with van der Waals surface area (Å²) in [5.41, 5.74) is -1.14. The van der Waals surface area contributed by atoms with Gasteiger partial charge in [0, 0.05) is 5.41 Å². The molecule has 2 unspecified atom stereocenters. The fourth-order valence-corrected chi connectivity index (χ4v) is 6.78. The fourth-order valence-electron chi connectivity index (χ4n) is 5.45. The van der Waals surface area contributed by atoms with Crippen LogP contribution < -0.4 is 0 Å². The van der Waals surface area contributed by atoms with Gasteiger partial charge in [0.25, 0.3) is 0 Å². The minimum atomic E-state index is -5.24. The summed E-state index contributed by atoms with van der Waals surface area (Å²) < 4.78 is 54.3. The first-order valence-electron chi connectivity index (χ1n) is 9.30. The standard InChI is InChI=1S/C13H18F2O6S.C4H8S/c14-10(15)22(18,19)21-11(16)20-7-12-2-8-1-9(3-12)5-13(17,4-8)6-12;1-2-4-5-3-1/h8-10,17H,1-7H2;1-4H2. The number of aliphatic hydroxyl groups is 1. The molecule has 10 heteroatoms. The lowest BCUT2D eigenvalue weighted by Crippen LogP contribution is -2.57. The zero-order chi connectivity index (χ0) is 19.7. The number of alkyl halides is 2. The Bertz CT molecular complexity index is 628. The van der Waals surface area contributed by atoms with Crippen molar-refractivity contribution in [1.82, 2.24) is 0 Å². The monoisotopic (exact) mass is 428 g/mol. The molecule has 1 N–H and O–H groups in total. The largest absolute Gasteiger partial charge is 0.524 e. The summed E-state index contributed by atoms with van der Waals surface area (Å²) in [6, 6.07) is 0. The van der Waals surface area contributed by atoms with E-state index in [-0.39, 0.29) is 6.61 Å². The van der Waals surface area contributed by atoms with Crippen LogP contribution in [0.4, 0.5) is 13.6 Å². The highest BCUT2D eigenvalue weighted by atomic mass is 32.2. The van der Waals surface area contributed by atoms with Gasteiger partial charge in [-0.1, -0.05) is 0 Å². The summed E-state index contributed by atoms with van der Waals surface area (Å²) in [6.07, 6.45) is 5.90. The van der Waals surface area contributed by atoms with E-state index in [9.17, 15) is 27.1 Å². The summed E-state index contributed by atoms with van der Waals surface area (Å²) in [4.78, 5) is 11.3. The molecule has 5 rings (SSSR count). The minimum Gasteiger partial charge on any atom is -0.433 e. The highest BCUT2D eigenvalue weighted by Crippen LogP contribution is 2.61. The van der Waals surface area contributed by atoms with Crippen molar-refractivity contribution in [2.75, 3.05) is 18.1 Å². The zero-order valence-corrected chi connectivity index (χ0v) is 16.7. The molecule has 0 aromatic heterocycles. The third-order valence-corrected chi connectivity index (χ3v) is 7.84. The Hall–Kier alpha value is -0.610. The Morgan fingerprint density at radius 2 is 1.74 bits per heavy atom. The minimum absolute atomic E-state index is 0.111. The average Bonchev–Trinajstić information content (AvgIpc) is 3.10. The summed E-state index contributed by atoms with van der Waals surface area (Å²) in [7, 11) is -5.24. The number of hydrogen-bond acceptors (Lipinski definition) is 7. The summed E-state index contributed by atoms with van der Waals surface area (Å²) in [5, 5.41) is 10.5. The molecule has 4 aliphatic carbocycles. The van der Waals surface area contributed by atoms with Crippen molar-refractivity contribution in [3.63, 3.8) is 0 Å². The molecule has 2 atom stereocenters. The topological polar surface area (TPSA) is 89.9 Å². The van der Waals surface area contributed by atoms with Gasteiger partial charge < -0.3 is 14.0 Å². The van der Waals surface area contributed by atoms with Gasteiger partial charge in [0.2, 0.25) is 0 Å². The molecule has 5 aliphatic rings. The maximum atomic E-state index is 12.1. The van der Waals surface area contributed by atoms with E-state index < -0.39 is 33.0 Å². The van der Waals surface area contributed by atoms with Gasteiger partial charge in [-0.15, -0.1) is 0 Å². The Labute approximate surface area is 162 Å². The molecule has 27 heavy (non-hydrogen) atoms. The van der Waals surface area contributed by atoms with Gasteiger partial charge in [0.15, 0.2) is 0 Å². The molecule has 4 saturated carbocycles. The van der Waals surface area contributed by atoms with E-state index in [0.29, 0.717) is 18.3 Å². The third kappa shape index (κ3) is 5.26. The van der Waals surface area contributed by atoms with Crippen molar-refractivity contribution in [2.45, 2.75) is 62.7 Å². The second-order valence-electron chi connectivity index (χ2n) is 8.38. The van der Waals surface area contributed by atoms with Gasteiger partial charge in [-0.2, -0.15) is 29.0 Å². The third-order valence-electron chi connectivity index (χ3n) is 5.88. The van der Waals surface area contributed by atoms with Crippen LogP contribution in [0.2, 0.25) is 0 Å². The van der Waals surface area contributed by atoms with E-state index >= 15 is 0 Å². The van der Waals surface area contributed by atoms with Crippen molar-refractivity contribution in [3.05, 3.63) is 0 Å². The van der Waals surface area contributed by atoms with E-state index in [1.807, 2.05) is 0 Å². The second-order valence-corrected chi connectivity index (χ2v) is 11.1. The first-order chi connectivity index (χ1) is 12.6. The molecule has 0 aromatic rings. The molecule has 5 fully saturated rings. The lowest BCUT2D eigenvalue weighted by Gasteiger charge is -2.59.